The van der Waals surface area contributed by atoms with Crippen molar-refractivity contribution in [1.29, 1.82) is 0 Å². The van der Waals surface area contributed by atoms with Crippen LogP contribution in [0.15, 0.2) is 0 Å². The molecule has 1 rings (SSSR count). The zero-order valence-electron chi connectivity index (χ0n) is 37.7. The molecule has 0 aromatic rings. The second-order valence-corrected chi connectivity index (χ2v) is 23.0. The van der Waals surface area contributed by atoms with Gasteiger partial charge in [0.2, 0.25) is 0 Å². The average molecular weight is 987 g/mol. The van der Waals surface area contributed by atoms with Crippen LogP contribution in [0.1, 0.15) is 194 Å². The Hall–Kier alpha value is -0.460. The van der Waals surface area contributed by atoms with Gasteiger partial charge in [0.25, 0.3) is 0 Å². The van der Waals surface area contributed by atoms with E-state index >= 15 is 0 Å². The molecule has 0 aromatic heterocycles. The van der Waals surface area contributed by atoms with Gasteiger partial charge in [0.1, 0.15) is 49.3 Å². The Morgan fingerprint density at radius 2 is 0.810 bits per heavy atom. The third-order valence-electron chi connectivity index (χ3n) is 10.9. The molecule has 1 saturated carbocycles. The van der Waals surface area contributed by atoms with Crippen LogP contribution in [0.4, 0.5) is 0 Å². The lowest BCUT2D eigenvalue weighted by molar-refractivity contribution is -0.210. The number of unbranched alkanes of at least 4 members (excludes halogenated alkanes) is 24. The van der Waals surface area contributed by atoms with E-state index in [0.29, 0.717) is 12.8 Å². The number of aliphatic hydroxyl groups excluding tert-OH is 3. The Morgan fingerprint density at radius 1 is 0.476 bits per heavy atom. The molecule has 8 atom stereocenters. The predicted octanol–water partition coefficient (Wildman–Crippen LogP) is 8.67. The summed E-state index contributed by atoms with van der Waals surface area (Å²) in [5.74, 6) is -1.66. The van der Waals surface area contributed by atoms with E-state index < -0.39 is 89.5 Å². The molecule has 0 aromatic carbocycles. The lowest BCUT2D eigenvalue weighted by Crippen LogP contribution is -2.65. The van der Waals surface area contributed by atoms with Gasteiger partial charge >= 0.3 is 34.4 Å². The van der Waals surface area contributed by atoms with Crippen molar-refractivity contribution >= 4 is 45.8 Å². The second kappa shape index (κ2) is 34.8. The summed E-state index contributed by atoms with van der Waals surface area (Å²) in [5.41, 5.74) is 0. The molecular formula is C41H81O18P3S. The SMILES string of the molecule is CCCCCCCCCCCCCCCC(=O)OCC(CSP(=O)(O)O[C@H]1[C@H](O)[C@@H](O)[C@H](OP(=O)(O)O)[C@@H](OP(=O)(O)O)[C@H]1O)OC(=O)CCCCCCCCCCCCCCC. The lowest BCUT2D eigenvalue weighted by Gasteiger charge is -2.44. The fraction of sp³-hybridized carbons (Fsp3) is 0.951. The van der Waals surface area contributed by atoms with Crippen molar-refractivity contribution in [2.75, 3.05) is 12.4 Å². The van der Waals surface area contributed by atoms with Crippen molar-refractivity contribution in [3.8, 4) is 0 Å². The fourth-order valence-corrected chi connectivity index (χ4v) is 11.2. The Bertz CT molecular complexity index is 1350. The van der Waals surface area contributed by atoms with Crippen molar-refractivity contribution < 1.29 is 86.1 Å². The van der Waals surface area contributed by atoms with E-state index in [9.17, 15) is 63.1 Å². The summed E-state index contributed by atoms with van der Waals surface area (Å²) < 4.78 is 61.0. The average Bonchev–Trinajstić information content (AvgIpc) is 3.20. The highest BCUT2D eigenvalue weighted by atomic mass is 32.7. The van der Waals surface area contributed by atoms with Gasteiger partial charge in [-0.05, 0) is 24.2 Å². The summed E-state index contributed by atoms with van der Waals surface area (Å²) in [5, 5.41) is 31.9. The number of carbonyl (C=O) groups is 2. The number of hydrogen-bond donors (Lipinski definition) is 8. The number of phosphoric acid groups is 2. The Labute approximate surface area is 379 Å². The van der Waals surface area contributed by atoms with Gasteiger partial charge in [0.15, 0.2) is 0 Å². The largest absolute Gasteiger partial charge is 0.470 e. The summed E-state index contributed by atoms with van der Waals surface area (Å²) >= 11 is 0.157. The molecule has 0 radical (unpaired) electrons. The van der Waals surface area contributed by atoms with Crippen molar-refractivity contribution in [2.24, 2.45) is 0 Å². The van der Waals surface area contributed by atoms with E-state index in [1.807, 2.05) is 0 Å². The van der Waals surface area contributed by atoms with Crippen LogP contribution < -0.4 is 0 Å². The minimum atomic E-state index is -5.57. The van der Waals surface area contributed by atoms with Gasteiger partial charge in [-0.2, -0.15) is 0 Å². The van der Waals surface area contributed by atoms with Crippen molar-refractivity contribution in [1.82, 2.24) is 0 Å². The maximum Gasteiger partial charge on any atom is 0.470 e. The highest BCUT2D eigenvalue weighted by Gasteiger charge is 2.56. The van der Waals surface area contributed by atoms with E-state index in [0.717, 1.165) is 51.4 Å². The molecule has 0 spiro atoms. The van der Waals surface area contributed by atoms with Gasteiger partial charge in [-0.1, -0.05) is 168 Å². The quantitative estimate of drug-likeness (QED) is 0.0162. The molecule has 18 nitrogen and oxygen atoms in total. The van der Waals surface area contributed by atoms with Crippen molar-refractivity contribution in [3.63, 3.8) is 0 Å². The summed E-state index contributed by atoms with van der Waals surface area (Å²) in [6.07, 6.45) is 13.7. The first kappa shape index (κ1) is 60.6. The van der Waals surface area contributed by atoms with Crippen LogP contribution >= 0.6 is 33.8 Å². The molecule has 1 aliphatic rings. The standard InChI is InChI=1S/C41H81O18P3S/c1-3-5-7-9-11-13-15-17-19-21-23-25-27-29-34(42)55-31-33(56-35(43)30-28-26-24-22-20-18-16-14-12-10-8-6-4-2)32-63-62(53,54)59-39-36(44)37(45)40(57-60(47,48)49)41(38(39)46)58-61(50,51)52/h33,36-41,44-46H,3-32H2,1-2H3,(H,53,54)(H2,47,48,49)(H2,50,51,52)/t33?,36-,37-,38+,39+,40+,41+/m1/s1. The molecule has 2 unspecified atom stereocenters. The Balaban J connectivity index is 2.74. The van der Waals surface area contributed by atoms with Gasteiger partial charge in [-0.3, -0.25) is 23.2 Å². The molecular weight excluding hydrogens is 905 g/mol. The summed E-state index contributed by atoms with van der Waals surface area (Å²) in [7, 11) is -11.1. The second-order valence-electron chi connectivity index (χ2n) is 16.7. The van der Waals surface area contributed by atoms with Crippen LogP contribution in [0.5, 0.6) is 0 Å². The molecule has 374 valence electrons. The van der Waals surface area contributed by atoms with Crippen LogP contribution in [0, 0.1) is 0 Å². The molecule has 0 amide bonds. The molecule has 8 N–H and O–H groups in total. The van der Waals surface area contributed by atoms with Gasteiger partial charge in [0.05, 0.1) is 0 Å². The third kappa shape index (κ3) is 31.3. The zero-order valence-corrected chi connectivity index (χ0v) is 41.2. The molecule has 22 heteroatoms. The van der Waals surface area contributed by atoms with E-state index in [1.54, 1.807) is 0 Å². The van der Waals surface area contributed by atoms with Crippen LogP contribution in [0.25, 0.3) is 0 Å². The number of ether oxygens (including phenoxy) is 2. The number of hydrogen-bond acceptors (Lipinski definition) is 14. The first-order valence-electron chi connectivity index (χ1n) is 23.3. The molecule has 0 bridgehead atoms. The third-order valence-corrected chi connectivity index (χ3v) is 15.0. The molecule has 1 aliphatic carbocycles. The number of phosphoric ester groups is 2. The molecule has 0 saturated heterocycles. The smallest absolute Gasteiger partial charge is 0.462 e. The maximum absolute atomic E-state index is 13.3. The van der Waals surface area contributed by atoms with E-state index in [2.05, 4.69) is 22.9 Å². The topological polar surface area (TPSA) is 293 Å². The Kier molecular flexibility index (Phi) is 33.4. The summed E-state index contributed by atoms with van der Waals surface area (Å²) in [6, 6.07) is 0. The van der Waals surface area contributed by atoms with Crippen LogP contribution in [0.2, 0.25) is 0 Å². The molecule has 1 fully saturated rings. The highest BCUT2D eigenvalue weighted by Crippen LogP contribution is 2.58. The van der Waals surface area contributed by atoms with E-state index in [4.69, 9.17) is 14.0 Å². The van der Waals surface area contributed by atoms with Gasteiger partial charge in [0, 0.05) is 18.6 Å². The van der Waals surface area contributed by atoms with Crippen molar-refractivity contribution in [2.45, 2.75) is 236 Å². The minimum absolute atomic E-state index is 0.0519. The van der Waals surface area contributed by atoms with Crippen LogP contribution in [-0.2, 0) is 46.3 Å². The van der Waals surface area contributed by atoms with Crippen LogP contribution in [-0.4, -0.2) is 107 Å². The first-order valence-corrected chi connectivity index (χ1v) is 29.6. The molecule has 0 heterocycles. The maximum atomic E-state index is 13.3. The normalized spacial score (nSPS) is 22.1. The highest BCUT2D eigenvalue weighted by molar-refractivity contribution is 8.54. The van der Waals surface area contributed by atoms with Gasteiger partial charge in [-0.15, -0.1) is 0 Å². The van der Waals surface area contributed by atoms with E-state index in [-0.39, 0.29) is 24.2 Å². The van der Waals surface area contributed by atoms with Gasteiger partial charge < -0.3 is 49.3 Å². The van der Waals surface area contributed by atoms with E-state index in [1.165, 1.54) is 103 Å². The number of carbonyl (C=O) groups excluding carboxylic acids is 2. The first-order chi connectivity index (χ1) is 29.8. The minimum Gasteiger partial charge on any atom is -0.462 e. The summed E-state index contributed by atoms with van der Waals surface area (Å²) in [6.45, 7) is -1.07. The number of aliphatic hydroxyl groups is 3. The molecule has 63 heavy (non-hydrogen) atoms. The lowest BCUT2D eigenvalue weighted by atomic mass is 9.85. The fourth-order valence-electron chi connectivity index (χ4n) is 7.41. The Morgan fingerprint density at radius 3 is 1.19 bits per heavy atom. The number of esters is 2. The monoisotopic (exact) mass is 986 g/mol. The van der Waals surface area contributed by atoms with Crippen LogP contribution in [0.3, 0.4) is 0 Å². The number of rotatable bonds is 40. The zero-order chi connectivity index (χ0) is 47.2. The van der Waals surface area contributed by atoms with Crippen molar-refractivity contribution in [3.05, 3.63) is 0 Å². The molecule has 0 aliphatic heterocycles. The van der Waals surface area contributed by atoms with Gasteiger partial charge in [-0.25, -0.2) is 13.7 Å². The predicted molar refractivity (Wildman–Crippen MR) is 240 cm³/mol. The summed E-state index contributed by atoms with van der Waals surface area (Å²) in [4.78, 5) is 73.4.